The summed E-state index contributed by atoms with van der Waals surface area (Å²) >= 11 is 0. The first-order valence-corrected chi connectivity index (χ1v) is 8.27. The lowest BCUT2D eigenvalue weighted by Gasteiger charge is -2.29. The van der Waals surface area contributed by atoms with Crippen LogP contribution in [0.4, 0.5) is 0 Å². The second-order valence-corrected chi connectivity index (χ2v) is 6.96. The molecular formula is C14H17NO4S. The van der Waals surface area contributed by atoms with Gasteiger partial charge in [-0.25, -0.2) is 8.42 Å². The third-order valence-corrected chi connectivity index (χ3v) is 5.00. The first-order valence-electron chi connectivity index (χ1n) is 6.55. The van der Waals surface area contributed by atoms with E-state index in [1.54, 1.807) is 13.2 Å². The maximum absolute atomic E-state index is 11.5. The number of methoxy groups -OCH3 is 1. The van der Waals surface area contributed by atoms with Gasteiger partial charge in [-0.1, -0.05) is 6.08 Å². The van der Waals surface area contributed by atoms with Gasteiger partial charge in [0.1, 0.15) is 11.5 Å². The van der Waals surface area contributed by atoms with E-state index in [2.05, 4.69) is 5.32 Å². The van der Waals surface area contributed by atoms with Gasteiger partial charge in [-0.05, 0) is 18.2 Å². The summed E-state index contributed by atoms with van der Waals surface area (Å²) in [5.41, 5.74) is 1.02. The molecule has 0 spiro atoms. The summed E-state index contributed by atoms with van der Waals surface area (Å²) in [6, 6.07) is 5.64. The molecule has 3 rings (SSSR count). The Labute approximate surface area is 118 Å². The van der Waals surface area contributed by atoms with E-state index in [0.717, 1.165) is 23.5 Å². The molecule has 5 nitrogen and oxygen atoms in total. The van der Waals surface area contributed by atoms with Crippen molar-refractivity contribution in [3.05, 3.63) is 35.2 Å². The minimum absolute atomic E-state index is 0.0804. The van der Waals surface area contributed by atoms with Crippen LogP contribution in [-0.2, 0) is 9.84 Å². The van der Waals surface area contributed by atoms with Gasteiger partial charge in [0.15, 0.2) is 9.84 Å². The van der Waals surface area contributed by atoms with Crippen LogP contribution in [0.2, 0.25) is 0 Å². The fourth-order valence-corrected chi connectivity index (χ4v) is 3.86. The predicted octanol–water partition coefficient (Wildman–Crippen LogP) is 1.42. The van der Waals surface area contributed by atoms with Crippen LogP contribution >= 0.6 is 0 Å². The number of rotatable bonds is 3. The van der Waals surface area contributed by atoms with Gasteiger partial charge in [-0.15, -0.1) is 0 Å². The summed E-state index contributed by atoms with van der Waals surface area (Å²) < 4.78 is 33.8. The molecule has 0 bridgehead atoms. The largest absolute Gasteiger partial charge is 0.497 e. The third-order valence-electron chi connectivity index (χ3n) is 3.60. The topological polar surface area (TPSA) is 64.6 Å². The van der Waals surface area contributed by atoms with Crippen LogP contribution in [0.15, 0.2) is 29.7 Å². The molecular weight excluding hydrogens is 278 g/mol. The number of fused-ring (bicyclic) bond motifs is 1. The Kier molecular flexibility index (Phi) is 3.43. The Morgan fingerprint density at radius 1 is 1.40 bits per heavy atom. The molecule has 2 aliphatic heterocycles. The van der Waals surface area contributed by atoms with Crippen molar-refractivity contribution in [1.29, 1.82) is 0 Å². The Bertz CT molecular complexity index is 639. The van der Waals surface area contributed by atoms with Crippen molar-refractivity contribution < 1.29 is 17.9 Å². The zero-order chi connectivity index (χ0) is 14.2. The normalized spacial score (nSPS) is 26.9. The first-order chi connectivity index (χ1) is 9.57. The number of nitrogens with one attached hydrogen (secondary N) is 1. The number of hydrogen-bond donors (Lipinski definition) is 1. The Morgan fingerprint density at radius 3 is 2.95 bits per heavy atom. The zero-order valence-corrected chi connectivity index (χ0v) is 12.0. The zero-order valence-electron chi connectivity index (χ0n) is 11.2. The second-order valence-electron chi connectivity index (χ2n) is 5.02. The molecule has 2 heterocycles. The Balaban J connectivity index is 1.81. The van der Waals surface area contributed by atoms with Crippen molar-refractivity contribution >= 4 is 9.84 Å². The minimum Gasteiger partial charge on any atom is -0.497 e. The number of ether oxygens (including phenoxy) is 2. The maximum atomic E-state index is 11.5. The molecule has 0 amide bonds. The van der Waals surface area contributed by atoms with Crippen molar-refractivity contribution in [2.24, 2.45) is 0 Å². The van der Waals surface area contributed by atoms with Crippen LogP contribution < -0.4 is 14.8 Å². The quantitative estimate of drug-likeness (QED) is 0.913. The highest BCUT2D eigenvalue weighted by molar-refractivity contribution is 7.94. The van der Waals surface area contributed by atoms with Crippen LogP contribution in [0.3, 0.4) is 0 Å². The summed E-state index contributed by atoms with van der Waals surface area (Å²) in [6.07, 6.45) is 2.52. The van der Waals surface area contributed by atoms with Crippen molar-refractivity contribution in [2.75, 3.05) is 19.5 Å². The average Bonchev–Trinajstić information content (AvgIpc) is 2.78. The summed E-state index contributed by atoms with van der Waals surface area (Å²) in [5.74, 6) is 1.74. The van der Waals surface area contributed by atoms with Gasteiger partial charge in [0, 0.05) is 29.5 Å². The standard InChI is InChI=1S/C14H17NO4S/c1-18-11-2-3-14-12(8-11)13(4-6-19-14)15-10-5-7-20(16,17)9-10/h2-3,5,7-8,10,13,15H,4,6,9H2,1H3. The molecule has 0 aromatic heterocycles. The summed E-state index contributed by atoms with van der Waals surface area (Å²) in [7, 11) is -1.41. The van der Waals surface area contributed by atoms with Gasteiger partial charge in [-0.3, -0.25) is 0 Å². The van der Waals surface area contributed by atoms with Crippen LogP contribution in [0.1, 0.15) is 18.0 Å². The predicted molar refractivity (Wildman–Crippen MR) is 75.7 cm³/mol. The van der Waals surface area contributed by atoms with Gasteiger partial charge in [-0.2, -0.15) is 0 Å². The fraction of sp³-hybridized carbons (Fsp3) is 0.429. The van der Waals surface area contributed by atoms with Crippen molar-refractivity contribution in [2.45, 2.75) is 18.5 Å². The average molecular weight is 295 g/mol. The van der Waals surface area contributed by atoms with Gasteiger partial charge in [0.25, 0.3) is 0 Å². The minimum atomic E-state index is -3.04. The summed E-state index contributed by atoms with van der Waals surface area (Å²) in [4.78, 5) is 0. The molecule has 0 fully saturated rings. The van der Waals surface area contributed by atoms with Crippen molar-refractivity contribution in [3.8, 4) is 11.5 Å². The SMILES string of the molecule is COc1ccc2c(c1)C(NC1C=CS(=O)(=O)C1)CCO2. The van der Waals surface area contributed by atoms with E-state index in [0.29, 0.717) is 6.61 Å². The van der Waals surface area contributed by atoms with Crippen LogP contribution in [0.25, 0.3) is 0 Å². The van der Waals surface area contributed by atoms with Crippen LogP contribution in [0.5, 0.6) is 11.5 Å². The van der Waals surface area contributed by atoms with E-state index in [-0.39, 0.29) is 17.8 Å². The first kappa shape index (κ1) is 13.5. The van der Waals surface area contributed by atoms with Gasteiger partial charge < -0.3 is 14.8 Å². The van der Waals surface area contributed by atoms with E-state index in [4.69, 9.17) is 9.47 Å². The fourth-order valence-electron chi connectivity index (χ4n) is 2.61. The lowest BCUT2D eigenvalue weighted by Crippen LogP contribution is -2.36. The maximum Gasteiger partial charge on any atom is 0.173 e. The molecule has 0 radical (unpaired) electrons. The molecule has 2 atom stereocenters. The van der Waals surface area contributed by atoms with E-state index >= 15 is 0 Å². The molecule has 2 unspecified atom stereocenters. The van der Waals surface area contributed by atoms with Gasteiger partial charge >= 0.3 is 0 Å². The van der Waals surface area contributed by atoms with Crippen molar-refractivity contribution in [3.63, 3.8) is 0 Å². The molecule has 1 aromatic carbocycles. The molecule has 2 aliphatic rings. The monoisotopic (exact) mass is 295 g/mol. The smallest absolute Gasteiger partial charge is 0.173 e. The number of hydrogen-bond acceptors (Lipinski definition) is 5. The molecule has 6 heteroatoms. The van der Waals surface area contributed by atoms with Crippen LogP contribution in [-0.4, -0.2) is 33.9 Å². The molecule has 0 saturated heterocycles. The molecule has 20 heavy (non-hydrogen) atoms. The van der Waals surface area contributed by atoms with Gasteiger partial charge in [0.2, 0.25) is 0 Å². The number of sulfone groups is 1. The molecule has 1 N–H and O–H groups in total. The lowest BCUT2D eigenvalue weighted by molar-refractivity contribution is 0.249. The second kappa shape index (κ2) is 5.10. The van der Waals surface area contributed by atoms with Crippen LogP contribution in [0, 0.1) is 0 Å². The molecule has 0 saturated carbocycles. The third kappa shape index (κ3) is 2.66. The van der Waals surface area contributed by atoms with Gasteiger partial charge in [0.05, 0.1) is 19.5 Å². The Morgan fingerprint density at radius 2 is 2.25 bits per heavy atom. The van der Waals surface area contributed by atoms with E-state index in [1.165, 1.54) is 5.41 Å². The summed E-state index contributed by atoms with van der Waals surface area (Å²) in [6.45, 7) is 0.625. The van der Waals surface area contributed by atoms with E-state index in [9.17, 15) is 8.42 Å². The lowest BCUT2D eigenvalue weighted by atomic mass is 9.99. The number of benzene rings is 1. The van der Waals surface area contributed by atoms with E-state index < -0.39 is 9.84 Å². The summed E-state index contributed by atoms with van der Waals surface area (Å²) in [5, 5.41) is 4.67. The molecule has 1 aromatic rings. The highest BCUT2D eigenvalue weighted by Gasteiger charge is 2.28. The van der Waals surface area contributed by atoms with Crippen molar-refractivity contribution in [1.82, 2.24) is 5.32 Å². The van der Waals surface area contributed by atoms with E-state index in [1.807, 2.05) is 18.2 Å². The molecule has 108 valence electrons. The highest BCUT2D eigenvalue weighted by atomic mass is 32.2. The highest BCUT2D eigenvalue weighted by Crippen LogP contribution is 2.35. The Hall–Kier alpha value is -1.53. The molecule has 0 aliphatic carbocycles.